The molecule has 2 aliphatic rings. The molecule has 0 heterocycles. The Morgan fingerprint density at radius 3 is 2.48 bits per heavy atom. The molecule has 1 fully saturated rings. The summed E-state index contributed by atoms with van der Waals surface area (Å²) >= 11 is 2.12. The molecule has 0 saturated heterocycles. The second-order valence-corrected chi connectivity index (χ2v) is 12.1. The summed E-state index contributed by atoms with van der Waals surface area (Å²) in [6, 6.07) is 0. The first-order chi connectivity index (χ1) is 13.6. The highest BCUT2D eigenvalue weighted by molar-refractivity contribution is 8.00. The molecule has 2 aliphatic carbocycles. The molecule has 2 rings (SSSR count). The Labute approximate surface area is 185 Å². The summed E-state index contributed by atoms with van der Waals surface area (Å²) in [5.74, 6) is 4.64. The van der Waals surface area contributed by atoms with Crippen LogP contribution in [0.2, 0.25) is 0 Å². The van der Waals surface area contributed by atoms with Gasteiger partial charge in [-0.2, -0.15) is 11.8 Å². The molecule has 0 bridgehead atoms. The summed E-state index contributed by atoms with van der Waals surface area (Å²) in [6.45, 7) is 22.3. The highest BCUT2D eigenvalue weighted by atomic mass is 32.2. The number of ether oxygens (including phenoxy) is 1. The number of thioether (sulfide) groups is 1. The highest BCUT2D eigenvalue weighted by Crippen LogP contribution is 2.69. The molecule has 4 atom stereocenters. The minimum Gasteiger partial charge on any atom is -0.498 e. The van der Waals surface area contributed by atoms with Crippen LogP contribution in [0.3, 0.4) is 0 Å². The van der Waals surface area contributed by atoms with Crippen LogP contribution >= 0.6 is 11.8 Å². The Kier molecular flexibility index (Phi) is 8.76. The Morgan fingerprint density at radius 1 is 1.21 bits per heavy atom. The summed E-state index contributed by atoms with van der Waals surface area (Å²) in [5, 5.41) is 0. The van der Waals surface area contributed by atoms with Crippen LogP contribution in [0.5, 0.6) is 0 Å². The molecular weight excluding hydrogens is 372 g/mol. The van der Waals surface area contributed by atoms with Crippen LogP contribution in [0.25, 0.3) is 0 Å². The van der Waals surface area contributed by atoms with E-state index >= 15 is 0 Å². The van der Waals surface area contributed by atoms with Crippen LogP contribution in [0.4, 0.5) is 0 Å². The lowest BCUT2D eigenvalue weighted by Crippen LogP contribution is -2.21. The largest absolute Gasteiger partial charge is 0.498 e. The molecule has 0 unspecified atom stereocenters. The molecule has 29 heavy (non-hydrogen) atoms. The molecule has 0 aromatic heterocycles. The molecule has 0 amide bonds. The fourth-order valence-corrected chi connectivity index (χ4v) is 5.94. The molecule has 0 aliphatic heterocycles. The lowest BCUT2D eigenvalue weighted by atomic mass is 9.85. The van der Waals surface area contributed by atoms with Crippen molar-refractivity contribution in [1.82, 2.24) is 0 Å². The first-order valence-corrected chi connectivity index (χ1v) is 12.5. The van der Waals surface area contributed by atoms with Crippen LogP contribution in [0, 0.1) is 23.2 Å². The predicted molar refractivity (Wildman–Crippen MR) is 131 cm³/mol. The van der Waals surface area contributed by atoms with E-state index in [-0.39, 0.29) is 0 Å². The van der Waals surface area contributed by atoms with E-state index < -0.39 is 0 Å². The van der Waals surface area contributed by atoms with Crippen molar-refractivity contribution in [3.05, 3.63) is 48.3 Å². The van der Waals surface area contributed by atoms with Gasteiger partial charge in [0, 0.05) is 21.8 Å². The van der Waals surface area contributed by atoms with Crippen molar-refractivity contribution in [2.24, 2.45) is 23.2 Å². The zero-order valence-corrected chi connectivity index (χ0v) is 20.7. The smallest absolute Gasteiger partial charge is 0.0959 e. The Balaban J connectivity index is 2.12. The van der Waals surface area contributed by atoms with E-state index in [1.54, 1.807) is 0 Å². The number of rotatable bonds is 12. The molecule has 0 spiro atoms. The Bertz CT molecular complexity index is 635. The second kappa shape index (κ2) is 10.4. The molecular formula is C27H44OS. The maximum Gasteiger partial charge on any atom is 0.0959 e. The average Bonchev–Trinajstić information content (AvgIpc) is 3.23. The number of allylic oxidation sites excluding steroid dienone is 6. The van der Waals surface area contributed by atoms with Gasteiger partial charge in [0.05, 0.1) is 12.4 Å². The number of hydrogen-bond acceptors (Lipinski definition) is 2. The van der Waals surface area contributed by atoms with E-state index in [2.05, 4.69) is 84.7 Å². The third kappa shape index (κ3) is 7.09. The minimum atomic E-state index is 0.309. The molecule has 0 aromatic rings. The van der Waals surface area contributed by atoms with Gasteiger partial charge in [-0.25, -0.2) is 0 Å². The second-order valence-electron chi connectivity index (χ2n) is 10.3. The summed E-state index contributed by atoms with van der Waals surface area (Å²) in [6.07, 6.45) is 14.3. The lowest BCUT2D eigenvalue weighted by molar-refractivity contribution is 0.171. The lowest BCUT2D eigenvalue weighted by Gasteiger charge is -2.29. The van der Waals surface area contributed by atoms with Crippen LogP contribution in [0.1, 0.15) is 80.1 Å². The first kappa shape index (κ1) is 24.4. The normalized spacial score (nSPS) is 28.8. The van der Waals surface area contributed by atoms with E-state index in [1.807, 2.05) is 0 Å². The quantitative estimate of drug-likeness (QED) is 0.296. The van der Waals surface area contributed by atoms with Gasteiger partial charge in [0.15, 0.2) is 0 Å². The van der Waals surface area contributed by atoms with Crippen LogP contribution in [0.15, 0.2) is 48.3 Å². The van der Waals surface area contributed by atoms with E-state index in [4.69, 9.17) is 4.74 Å². The van der Waals surface area contributed by atoms with Crippen molar-refractivity contribution >= 4 is 11.8 Å². The third-order valence-electron chi connectivity index (χ3n) is 6.38. The third-order valence-corrected chi connectivity index (χ3v) is 7.89. The maximum absolute atomic E-state index is 6.20. The highest BCUT2D eigenvalue weighted by Gasteiger charge is 2.64. The van der Waals surface area contributed by atoms with Gasteiger partial charge in [0.1, 0.15) is 0 Å². The summed E-state index contributed by atoms with van der Waals surface area (Å²) in [4.78, 5) is 0. The van der Waals surface area contributed by atoms with Crippen molar-refractivity contribution in [3.63, 3.8) is 0 Å². The van der Waals surface area contributed by atoms with Crippen LogP contribution in [-0.4, -0.2) is 17.1 Å². The topological polar surface area (TPSA) is 9.23 Å². The van der Waals surface area contributed by atoms with Gasteiger partial charge in [0.2, 0.25) is 0 Å². The fourth-order valence-electron chi connectivity index (χ4n) is 4.75. The maximum atomic E-state index is 6.20. The minimum absolute atomic E-state index is 0.309. The monoisotopic (exact) mass is 416 g/mol. The van der Waals surface area contributed by atoms with E-state index in [0.29, 0.717) is 16.1 Å². The standard InChI is InChI=1S/C27H44OS/c1-9-28-25-18-27(19-29-26(6,7)8)23(16-15-21(4)5)24(27)17-22(25)14-12-10-11-13-20(2)3/h10,12,18,22-24H,2,4,9,11,13-17,19H2,1,3,5-8H3/b12-10+/t22-,23+,24+,27+/m1/s1. The first-order valence-electron chi connectivity index (χ1n) is 11.5. The summed E-state index contributed by atoms with van der Waals surface area (Å²) < 4.78 is 6.51. The van der Waals surface area contributed by atoms with Crippen molar-refractivity contribution in [2.75, 3.05) is 12.4 Å². The van der Waals surface area contributed by atoms with Crippen LogP contribution in [-0.2, 0) is 4.74 Å². The molecule has 1 nitrogen and oxygen atoms in total. The number of hydrogen-bond donors (Lipinski definition) is 0. The van der Waals surface area contributed by atoms with E-state index in [9.17, 15) is 0 Å². The molecule has 1 saturated carbocycles. The van der Waals surface area contributed by atoms with Crippen molar-refractivity contribution < 1.29 is 4.74 Å². The average molecular weight is 417 g/mol. The molecule has 0 radical (unpaired) electrons. The van der Waals surface area contributed by atoms with Crippen molar-refractivity contribution in [3.8, 4) is 0 Å². The molecule has 0 N–H and O–H groups in total. The van der Waals surface area contributed by atoms with E-state index in [0.717, 1.165) is 44.1 Å². The van der Waals surface area contributed by atoms with E-state index in [1.165, 1.54) is 35.5 Å². The van der Waals surface area contributed by atoms with Crippen molar-refractivity contribution in [1.29, 1.82) is 0 Å². The number of fused-ring (bicyclic) bond motifs is 1. The fraction of sp³-hybridized carbons (Fsp3) is 0.704. The van der Waals surface area contributed by atoms with Gasteiger partial charge in [0.25, 0.3) is 0 Å². The van der Waals surface area contributed by atoms with Crippen LogP contribution < -0.4 is 0 Å². The van der Waals surface area contributed by atoms with Gasteiger partial charge >= 0.3 is 0 Å². The SMILES string of the molecule is C=C(C)CC/C=C/C[C@@H]1C[C@H]2[C@H](CCC(=C)C)[C@@]2(CSC(C)(C)C)C=C1OCC. The molecule has 0 aromatic carbocycles. The summed E-state index contributed by atoms with van der Waals surface area (Å²) in [5.41, 5.74) is 2.93. The predicted octanol–water partition coefficient (Wildman–Crippen LogP) is 8.35. The molecule has 2 heteroatoms. The van der Waals surface area contributed by atoms with Gasteiger partial charge in [-0.1, -0.05) is 44.1 Å². The van der Waals surface area contributed by atoms with Gasteiger partial charge in [-0.05, 0) is 77.2 Å². The Morgan fingerprint density at radius 2 is 1.90 bits per heavy atom. The molecule has 164 valence electrons. The summed E-state index contributed by atoms with van der Waals surface area (Å²) in [7, 11) is 0. The van der Waals surface area contributed by atoms with Gasteiger partial charge < -0.3 is 4.74 Å². The Hall–Kier alpha value is -0.890. The zero-order valence-electron chi connectivity index (χ0n) is 19.9. The van der Waals surface area contributed by atoms with Gasteiger partial charge in [-0.15, -0.1) is 13.2 Å². The van der Waals surface area contributed by atoms with Gasteiger partial charge in [-0.3, -0.25) is 0 Å². The zero-order chi connectivity index (χ0) is 21.7. The van der Waals surface area contributed by atoms with Crippen molar-refractivity contribution in [2.45, 2.75) is 84.8 Å².